The predicted octanol–water partition coefficient (Wildman–Crippen LogP) is 4.92. The van der Waals surface area contributed by atoms with Gasteiger partial charge in [-0.2, -0.15) is 0 Å². The van der Waals surface area contributed by atoms with E-state index < -0.39 is 0 Å². The van der Waals surface area contributed by atoms with Gasteiger partial charge in [-0.3, -0.25) is 0 Å². The van der Waals surface area contributed by atoms with E-state index in [1.54, 1.807) is 6.08 Å². The largest absolute Gasteiger partial charge is 0.0991 e. The summed E-state index contributed by atoms with van der Waals surface area (Å²) in [5.41, 5.74) is 0.960. The highest BCUT2D eigenvalue weighted by Gasteiger charge is 1.85. The summed E-state index contributed by atoms with van der Waals surface area (Å²) >= 11 is 5.50. The van der Waals surface area contributed by atoms with Crippen LogP contribution < -0.4 is 0 Å². The van der Waals surface area contributed by atoms with Crippen LogP contribution in [0.25, 0.3) is 0 Å². The average Bonchev–Trinajstić information content (AvgIpc) is 2.12. The van der Waals surface area contributed by atoms with Crippen LogP contribution in [0.3, 0.4) is 0 Å². The van der Waals surface area contributed by atoms with E-state index >= 15 is 0 Å². The molecule has 1 heteroatoms. The molecule has 72 valence electrons. The molecule has 0 fully saturated rings. The van der Waals surface area contributed by atoms with Crippen molar-refractivity contribution in [3.05, 3.63) is 35.9 Å². The molecule has 0 spiro atoms. The molecule has 0 radical (unpaired) electrons. The third-order valence-corrected chi connectivity index (χ3v) is 1.09. The fourth-order valence-corrected chi connectivity index (χ4v) is 0.330. The van der Waals surface area contributed by atoms with Gasteiger partial charge in [0.25, 0.3) is 0 Å². The first-order valence-electron chi connectivity index (χ1n) is 4.32. The monoisotopic (exact) mass is 188 g/mol. The van der Waals surface area contributed by atoms with Crippen LogP contribution in [0.1, 0.15) is 34.6 Å². The number of allylic oxidation sites excluding steroid dienone is 4. The molecule has 0 aromatic rings. The zero-order valence-corrected chi connectivity index (χ0v) is 9.70. The van der Waals surface area contributed by atoms with Crippen molar-refractivity contribution in [3.8, 4) is 0 Å². The van der Waals surface area contributed by atoms with Crippen molar-refractivity contribution in [2.45, 2.75) is 34.6 Å². The zero-order valence-electron chi connectivity index (χ0n) is 8.95. The van der Waals surface area contributed by atoms with E-state index in [2.05, 4.69) is 13.2 Å². The van der Waals surface area contributed by atoms with Crippen molar-refractivity contribution in [3.63, 3.8) is 0 Å². The zero-order chi connectivity index (χ0) is 10.6. The Labute approximate surface area is 82.6 Å². The smallest absolute Gasteiger partial charge is 0.0363 e. The van der Waals surface area contributed by atoms with Crippen LogP contribution in [0.4, 0.5) is 0 Å². The van der Waals surface area contributed by atoms with Gasteiger partial charge in [-0.05, 0) is 12.5 Å². The minimum atomic E-state index is 0.574. The number of hydrogen-bond acceptors (Lipinski definition) is 0. The van der Waals surface area contributed by atoms with Crippen LogP contribution in [0.15, 0.2) is 35.9 Å². The number of halogens is 1. The average molecular weight is 189 g/mol. The molecule has 0 saturated heterocycles. The molecule has 0 rings (SSSR count). The maximum atomic E-state index is 5.50. The molecular weight excluding hydrogens is 168 g/mol. The van der Waals surface area contributed by atoms with Gasteiger partial charge >= 0.3 is 0 Å². The number of hydrogen-bond donors (Lipinski definition) is 0. The minimum Gasteiger partial charge on any atom is -0.0991 e. The second-order valence-electron chi connectivity index (χ2n) is 1.49. The van der Waals surface area contributed by atoms with E-state index in [1.165, 1.54) is 0 Å². The van der Waals surface area contributed by atoms with Crippen molar-refractivity contribution >= 4 is 11.6 Å². The van der Waals surface area contributed by atoms with Crippen molar-refractivity contribution in [2.24, 2.45) is 0 Å². The molecule has 0 aromatic carbocycles. The first-order valence-corrected chi connectivity index (χ1v) is 4.70. The third-order valence-electron chi connectivity index (χ3n) is 0.796. The molecule has 0 aliphatic rings. The van der Waals surface area contributed by atoms with Crippen LogP contribution in [0, 0.1) is 0 Å². The Morgan fingerprint density at radius 1 is 1.17 bits per heavy atom. The molecule has 0 atom stereocenters. The summed E-state index contributed by atoms with van der Waals surface area (Å²) in [5, 5.41) is 0.574. The Hall–Kier alpha value is -0.490. The van der Waals surface area contributed by atoms with E-state index in [0.29, 0.717) is 5.03 Å². The van der Waals surface area contributed by atoms with Crippen molar-refractivity contribution in [1.82, 2.24) is 0 Å². The summed E-state index contributed by atoms with van der Waals surface area (Å²) < 4.78 is 0. The van der Waals surface area contributed by atoms with E-state index in [1.807, 2.05) is 40.7 Å². The van der Waals surface area contributed by atoms with Gasteiger partial charge in [0.1, 0.15) is 0 Å². The molecule has 0 N–H and O–H groups in total. The summed E-state index contributed by atoms with van der Waals surface area (Å²) in [4.78, 5) is 0. The van der Waals surface area contributed by atoms with Gasteiger partial charge in [-0.15, -0.1) is 0 Å². The SMILES string of the molecule is C=C/C=C(/C)C(=C)Cl.CC.CC. The second-order valence-corrected chi connectivity index (χ2v) is 1.95. The lowest BCUT2D eigenvalue weighted by atomic mass is 10.3. The topological polar surface area (TPSA) is 0 Å². The molecule has 0 unspecified atom stereocenters. The van der Waals surface area contributed by atoms with Crippen LogP contribution in [0.2, 0.25) is 0 Å². The van der Waals surface area contributed by atoms with Crippen molar-refractivity contribution in [2.75, 3.05) is 0 Å². The Morgan fingerprint density at radius 3 is 1.58 bits per heavy atom. The molecule has 0 amide bonds. The highest BCUT2D eigenvalue weighted by molar-refractivity contribution is 6.31. The first kappa shape index (κ1) is 17.6. The Kier molecular flexibility index (Phi) is 24.7. The van der Waals surface area contributed by atoms with Gasteiger partial charge in [0.15, 0.2) is 0 Å². The maximum Gasteiger partial charge on any atom is 0.0363 e. The van der Waals surface area contributed by atoms with Gasteiger partial charge in [0.05, 0.1) is 0 Å². The molecule has 0 aliphatic carbocycles. The Morgan fingerprint density at radius 2 is 1.50 bits per heavy atom. The summed E-state index contributed by atoms with van der Waals surface area (Å²) in [5.74, 6) is 0. The van der Waals surface area contributed by atoms with Gasteiger partial charge < -0.3 is 0 Å². The fraction of sp³-hybridized carbons (Fsp3) is 0.455. The van der Waals surface area contributed by atoms with E-state index in [4.69, 9.17) is 11.6 Å². The van der Waals surface area contributed by atoms with E-state index in [0.717, 1.165) is 5.57 Å². The van der Waals surface area contributed by atoms with Crippen LogP contribution in [-0.2, 0) is 0 Å². The molecule has 0 heterocycles. The highest BCUT2D eigenvalue weighted by atomic mass is 35.5. The predicted molar refractivity (Wildman–Crippen MR) is 61.6 cm³/mol. The summed E-state index contributed by atoms with van der Waals surface area (Å²) in [6.07, 6.45) is 3.50. The minimum absolute atomic E-state index is 0.574. The molecule has 0 saturated carbocycles. The standard InChI is InChI=1S/C7H9Cl.2C2H6/c1-4-5-6(2)7(3)8;2*1-2/h4-5H,1,3H2,2H3;2*1-2H3/b6-5-;;. The van der Waals surface area contributed by atoms with Gasteiger partial charge in [0, 0.05) is 5.03 Å². The normalized spacial score (nSPS) is 8.33. The molecular formula is C11H21Cl. The van der Waals surface area contributed by atoms with Crippen molar-refractivity contribution < 1.29 is 0 Å². The van der Waals surface area contributed by atoms with Crippen LogP contribution >= 0.6 is 11.6 Å². The van der Waals surface area contributed by atoms with Crippen molar-refractivity contribution in [1.29, 1.82) is 0 Å². The summed E-state index contributed by atoms with van der Waals surface area (Å²) in [6, 6.07) is 0. The summed E-state index contributed by atoms with van der Waals surface area (Å²) in [7, 11) is 0. The van der Waals surface area contributed by atoms with E-state index in [-0.39, 0.29) is 0 Å². The lowest BCUT2D eigenvalue weighted by Crippen LogP contribution is -1.68. The van der Waals surface area contributed by atoms with Gasteiger partial charge in [-0.1, -0.05) is 64.6 Å². The molecule has 0 nitrogen and oxygen atoms in total. The quantitative estimate of drug-likeness (QED) is 0.540. The van der Waals surface area contributed by atoms with Crippen LogP contribution in [0.5, 0.6) is 0 Å². The highest BCUT2D eigenvalue weighted by Crippen LogP contribution is 2.09. The van der Waals surface area contributed by atoms with E-state index in [9.17, 15) is 0 Å². The molecule has 0 bridgehead atoms. The first-order chi connectivity index (χ1) is 5.68. The van der Waals surface area contributed by atoms with Gasteiger partial charge in [0.2, 0.25) is 0 Å². The lowest BCUT2D eigenvalue weighted by Gasteiger charge is -1.89. The maximum absolute atomic E-state index is 5.50. The molecule has 0 aromatic heterocycles. The molecule has 12 heavy (non-hydrogen) atoms. The lowest BCUT2D eigenvalue weighted by molar-refractivity contribution is 1.50. The summed E-state index contributed by atoms with van der Waals surface area (Å²) in [6.45, 7) is 16.9. The number of rotatable bonds is 2. The Balaban J connectivity index is -0.000000175. The van der Waals surface area contributed by atoms with Crippen LogP contribution in [-0.4, -0.2) is 0 Å². The Bertz CT molecular complexity index is 132. The second kappa shape index (κ2) is 16.9. The van der Waals surface area contributed by atoms with Gasteiger partial charge in [-0.25, -0.2) is 0 Å². The third kappa shape index (κ3) is 16.3. The fourth-order valence-electron chi connectivity index (χ4n) is 0.267. The molecule has 0 aliphatic heterocycles.